The summed E-state index contributed by atoms with van der Waals surface area (Å²) in [4.78, 5) is 18.7. The first-order valence-corrected chi connectivity index (χ1v) is 11.4. The largest absolute Gasteiger partial charge is 0.491 e. The van der Waals surface area contributed by atoms with Gasteiger partial charge >= 0.3 is 12.1 Å². The minimum absolute atomic E-state index is 0.189. The Bertz CT molecular complexity index is 1450. The summed E-state index contributed by atoms with van der Waals surface area (Å²) < 4.78 is 66.1. The lowest BCUT2D eigenvalue weighted by Gasteiger charge is -2.22. The van der Waals surface area contributed by atoms with Gasteiger partial charge in [0.1, 0.15) is 24.2 Å². The highest BCUT2D eigenvalue weighted by molar-refractivity contribution is 5.73. The first kappa shape index (κ1) is 27.3. The lowest BCUT2D eigenvalue weighted by atomic mass is 10.0. The third-order valence-electron chi connectivity index (χ3n) is 5.52. The SMILES string of the molecule is Nc1nc(O[C@H](c2ccc(-c3cccc(F)c3)cc2)C(F)(F)F)cc(-c2ccc(OC[C@H](N)C(=O)O)cc2)n1. The molecule has 0 saturated heterocycles. The van der Waals surface area contributed by atoms with Crippen molar-refractivity contribution in [3.8, 4) is 34.0 Å². The summed E-state index contributed by atoms with van der Waals surface area (Å²) in [5.74, 6) is -2.06. The number of nitrogen functional groups attached to an aromatic ring is 1. The van der Waals surface area contributed by atoms with Crippen LogP contribution in [0.2, 0.25) is 0 Å². The van der Waals surface area contributed by atoms with Crippen molar-refractivity contribution >= 4 is 11.9 Å². The van der Waals surface area contributed by atoms with Crippen molar-refractivity contribution < 1.29 is 36.9 Å². The van der Waals surface area contributed by atoms with E-state index in [4.69, 9.17) is 26.0 Å². The van der Waals surface area contributed by atoms with Crippen LogP contribution in [0.25, 0.3) is 22.4 Å². The second-order valence-electron chi connectivity index (χ2n) is 8.40. The second kappa shape index (κ2) is 11.4. The molecule has 39 heavy (non-hydrogen) atoms. The molecule has 2 atom stereocenters. The highest BCUT2D eigenvalue weighted by Gasteiger charge is 2.43. The van der Waals surface area contributed by atoms with Crippen molar-refractivity contribution in [1.82, 2.24) is 9.97 Å². The van der Waals surface area contributed by atoms with Gasteiger partial charge in [-0.2, -0.15) is 18.2 Å². The molecule has 0 aliphatic carbocycles. The van der Waals surface area contributed by atoms with E-state index < -0.39 is 36.0 Å². The van der Waals surface area contributed by atoms with E-state index in [1.807, 2.05) is 0 Å². The Kier molecular flexibility index (Phi) is 7.96. The highest BCUT2D eigenvalue weighted by Crippen LogP contribution is 2.38. The Labute approximate surface area is 219 Å². The van der Waals surface area contributed by atoms with Crippen LogP contribution in [0.1, 0.15) is 11.7 Å². The zero-order valence-electron chi connectivity index (χ0n) is 20.1. The summed E-state index contributed by atoms with van der Waals surface area (Å²) in [5.41, 5.74) is 12.7. The molecule has 3 aromatic carbocycles. The van der Waals surface area contributed by atoms with Gasteiger partial charge in [0.05, 0.1) is 5.69 Å². The van der Waals surface area contributed by atoms with Crippen molar-refractivity contribution in [1.29, 1.82) is 0 Å². The van der Waals surface area contributed by atoms with Gasteiger partial charge in [-0.1, -0.05) is 36.4 Å². The molecule has 0 unspecified atom stereocenters. The van der Waals surface area contributed by atoms with Gasteiger partial charge in [-0.3, -0.25) is 4.79 Å². The fourth-order valence-corrected chi connectivity index (χ4v) is 3.59. The summed E-state index contributed by atoms with van der Waals surface area (Å²) in [7, 11) is 0. The fraction of sp³-hybridized carbons (Fsp3) is 0.148. The number of nitrogens with zero attached hydrogens (tertiary/aromatic N) is 2. The lowest BCUT2D eigenvalue weighted by Crippen LogP contribution is -2.36. The topological polar surface area (TPSA) is 134 Å². The van der Waals surface area contributed by atoms with Gasteiger partial charge < -0.3 is 26.0 Å². The molecule has 1 aromatic heterocycles. The number of benzene rings is 3. The van der Waals surface area contributed by atoms with E-state index >= 15 is 0 Å². The number of rotatable bonds is 9. The summed E-state index contributed by atoms with van der Waals surface area (Å²) in [6, 6.07) is 17.2. The van der Waals surface area contributed by atoms with Crippen molar-refractivity contribution in [2.75, 3.05) is 12.3 Å². The van der Waals surface area contributed by atoms with Crippen LogP contribution in [-0.4, -0.2) is 39.9 Å². The van der Waals surface area contributed by atoms with Crippen LogP contribution in [0.3, 0.4) is 0 Å². The van der Waals surface area contributed by atoms with E-state index in [1.165, 1.54) is 60.7 Å². The van der Waals surface area contributed by atoms with E-state index in [-0.39, 0.29) is 23.8 Å². The van der Waals surface area contributed by atoms with E-state index in [0.717, 1.165) is 0 Å². The summed E-state index contributed by atoms with van der Waals surface area (Å²) in [6.07, 6.45) is -7.16. The minimum Gasteiger partial charge on any atom is -0.491 e. The number of anilines is 1. The number of hydrogen-bond acceptors (Lipinski definition) is 7. The van der Waals surface area contributed by atoms with E-state index in [1.54, 1.807) is 18.2 Å². The monoisotopic (exact) mass is 542 g/mol. The molecular formula is C27H22F4N4O4. The number of ether oxygens (including phenoxy) is 2. The molecule has 0 amide bonds. The fourth-order valence-electron chi connectivity index (χ4n) is 3.59. The maximum Gasteiger partial charge on any atom is 0.429 e. The smallest absolute Gasteiger partial charge is 0.429 e. The molecule has 0 aliphatic heterocycles. The molecule has 0 aliphatic rings. The molecule has 0 spiro atoms. The predicted octanol–water partition coefficient (Wildman–Crippen LogP) is 5.01. The Balaban J connectivity index is 1.55. The number of hydrogen-bond donors (Lipinski definition) is 3. The maximum atomic E-state index is 14.0. The first-order valence-electron chi connectivity index (χ1n) is 11.4. The average Bonchev–Trinajstić information content (AvgIpc) is 2.90. The van der Waals surface area contributed by atoms with Crippen molar-refractivity contribution in [2.45, 2.75) is 18.3 Å². The third kappa shape index (κ3) is 6.99. The van der Waals surface area contributed by atoms with Crippen LogP contribution in [0.5, 0.6) is 11.6 Å². The summed E-state index contributed by atoms with van der Waals surface area (Å²) in [5, 5.41) is 8.83. The van der Waals surface area contributed by atoms with Crippen molar-refractivity contribution in [3.05, 3.63) is 90.2 Å². The number of carbonyl (C=O) groups is 1. The van der Waals surface area contributed by atoms with Crippen LogP contribution >= 0.6 is 0 Å². The average molecular weight is 542 g/mol. The first-order chi connectivity index (χ1) is 18.5. The Morgan fingerprint density at radius 2 is 1.59 bits per heavy atom. The lowest BCUT2D eigenvalue weighted by molar-refractivity contribution is -0.198. The summed E-state index contributed by atoms with van der Waals surface area (Å²) in [6.45, 7) is -0.255. The van der Waals surface area contributed by atoms with Gasteiger partial charge in [0.15, 0.2) is 0 Å². The number of alkyl halides is 3. The molecule has 4 aromatic rings. The number of nitrogens with two attached hydrogens (primary N) is 2. The molecule has 0 fully saturated rings. The molecular weight excluding hydrogens is 520 g/mol. The van der Waals surface area contributed by atoms with Gasteiger partial charge in [0.25, 0.3) is 0 Å². The number of carboxylic acids is 1. The highest BCUT2D eigenvalue weighted by atomic mass is 19.4. The van der Waals surface area contributed by atoms with Crippen LogP contribution in [-0.2, 0) is 4.79 Å². The van der Waals surface area contributed by atoms with Gasteiger partial charge in [-0.25, -0.2) is 9.37 Å². The number of carboxylic acid groups (broad SMARTS) is 1. The minimum atomic E-state index is -4.80. The molecule has 0 radical (unpaired) electrons. The molecule has 5 N–H and O–H groups in total. The molecule has 8 nitrogen and oxygen atoms in total. The molecule has 4 rings (SSSR count). The Morgan fingerprint density at radius 1 is 0.923 bits per heavy atom. The molecule has 202 valence electrons. The van der Waals surface area contributed by atoms with Crippen molar-refractivity contribution in [2.24, 2.45) is 5.73 Å². The quantitative estimate of drug-likeness (QED) is 0.252. The van der Waals surface area contributed by atoms with Crippen LogP contribution < -0.4 is 20.9 Å². The Hall–Kier alpha value is -4.71. The molecule has 12 heteroatoms. The third-order valence-corrected chi connectivity index (χ3v) is 5.52. The van der Waals surface area contributed by atoms with Crippen LogP contribution in [0.4, 0.5) is 23.5 Å². The van der Waals surface area contributed by atoms with E-state index in [2.05, 4.69) is 9.97 Å². The zero-order valence-corrected chi connectivity index (χ0v) is 20.1. The number of aromatic nitrogens is 2. The Morgan fingerprint density at radius 3 is 2.21 bits per heavy atom. The van der Waals surface area contributed by atoms with Gasteiger partial charge in [-0.15, -0.1) is 0 Å². The maximum absolute atomic E-state index is 14.0. The standard InChI is InChI=1S/C27H22F4N4O4/c28-19-3-1-2-18(12-19)15-4-6-17(7-5-15)24(27(29,30)31)39-23-13-22(34-26(33)35-23)16-8-10-20(11-9-16)38-14-21(32)25(36)37/h1-13,21,24H,14,32H2,(H,36,37)(H2,33,34,35)/t21-,24+/m0/s1. The number of halogens is 4. The van der Waals surface area contributed by atoms with Gasteiger partial charge in [-0.05, 0) is 47.5 Å². The second-order valence-corrected chi connectivity index (χ2v) is 8.40. The van der Waals surface area contributed by atoms with Gasteiger partial charge in [0.2, 0.25) is 17.9 Å². The summed E-state index contributed by atoms with van der Waals surface area (Å²) >= 11 is 0. The van der Waals surface area contributed by atoms with Gasteiger partial charge in [0, 0.05) is 17.2 Å². The van der Waals surface area contributed by atoms with Crippen LogP contribution in [0, 0.1) is 5.82 Å². The van der Waals surface area contributed by atoms with Crippen LogP contribution in [0.15, 0.2) is 78.9 Å². The van der Waals surface area contributed by atoms with E-state index in [9.17, 15) is 22.4 Å². The number of aliphatic carboxylic acids is 1. The predicted molar refractivity (Wildman–Crippen MR) is 134 cm³/mol. The molecule has 0 saturated carbocycles. The molecule has 0 bridgehead atoms. The molecule has 1 heterocycles. The zero-order chi connectivity index (χ0) is 28.2. The normalized spacial score (nSPS) is 12.9. The van der Waals surface area contributed by atoms with E-state index in [0.29, 0.717) is 22.4 Å². The van der Waals surface area contributed by atoms with Crippen molar-refractivity contribution in [3.63, 3.8) is 0 Å².